The summed E-state index contributed by atoms with van der Waals surface area (Å²) < 4.78 is 15.5. The van der Waals surface area contributed by atoms with E-state index in [-0.39, 0.29) is 5.82 Å². The van der Waals surface area contributed by atoms with Crippen LogP contribution in [0.5, 0.6) is 0 Å². The Balaban J connectivity index is 1.38. The lowest BCUT2D eigenvalue weighted by Gasteiger charge is -2.10. The number of imidazole rings is 1. The van der Waals surface area contributed by atoms with E-state index in [1.807, 2.05) is 35.3 Å². The van der Waals surface area contributed by atoms with Gasteiger partial charge in [-0.25, -0.2) is 14.4 Å². The number of hydrogen-bond donors (Lipinski definition) is 3. The molecule has 3 N–H and O–H groups in total. The van der Waals surface area contributed by atoms with Crippen LogP contribution in [0.25, 0.3) is 15.9 Å². The van der Waals surface area contributed by atoms with Crippen molar-refractivity contribution in [2.75, 3.05) is 13.1 Å². The number of halogens is 1. The van der Waals surface area contributed by atoms with Crippen molar-refractivity contribution < 1.29 is 4.39 Å². The smallest absolute Gasteiger partial charge is 0.193 e. The molecule has 6 nitrogen and oxygen atoms in total. The zero-order chi connectivity index (χ0) is 18.6. The van der Waals surface area contributed by atoms with Gasteiger partial charge in [0.15, 0.2) is 10.9 Å². The molecule has 27 heavy (non-hydrogen) atoms. The summed E-state index contributed by atoms with van der Waals surface area (Å²) in [5.41, 5.74) is 2.97. The molecule has 0 saturated carbocycles. The molecule has 0 aliphatic carbocycles. The van der Waals surface area contributed by atoms with E-state index in [1.54, 1.807) is 23.5 Å². The minimum absolute atomic E-state index is 0.216. The summed E-state index contributed by atoms with van der Waals surface area (Å²) in [5.74, 6) is 0.533. The minimum atomic E-state index is -0.216. The molecule has 0 radical (unpaired) electrons. The Hall–Kier alpha value is -2.87. The molecule has 8 heteroatoms. The van der Waals surface area contributed by atoms with Gasteiger partial charge in [0.2, 0.25) is 0 Å². The normalized spacial score (nSPS) is 12.1. The zero-order valence-electron chi connectivity index (χ0n) is 15.0. The van der Waals surface area contributed by atoms with Crippen molar-refractivity contribution in [1.82, 2.24) is 25.0 Å². The second-order valence-corrected chi connectivity index (χ2v) is 7.07. The van der Waals surface area contributed by atoms with Gasteiger partial charge < -0.3 is 15.6 Å². The summed E-state index contributed by atoms with van der Waals surface area (Å²) in [6.45, 7) is 4.03. The fourth-order valence-electron chi connectivity index (χ4n) is 3.03. The Morgan fingerprint density at radius 1 is 1.37 bits per heavy atom. The van der Waals surface area contributed by atoms with Gasteiger partial charge in [-0.3, -0.25) is 4.40 Å². The average molecular weight is 384 g/mol. The summed E-state index contributed by atoms with van der Waals surface area (Å²) in [7, 11) is 0. The first-order valence-electron chi connectivity index (χ1n) is 8.91. The van der Waals surface area contributed by atoms with Crippen LogP contribution in [-0.2, 0) is 13.0 Å². The fourth-order valence-corrected chi connectivity index (χ4v) is 3.75. The van der Waals surface area contributed by atoms with Gasteiger partial charge in [-0.1, -0.05) is 0 Å². The molecule has 140 valence electrons. The third kappa shape index (κ3) is 3.95. The van der Waals surface area contributed by atoms with E-state index < -0.39 is 0 Å². The molecule has 0 atom stereocenters. The summed E-state index contributed by atoms with van der Waals surface area (Å²) in [6.07, 6.45) is 6.70. The van der Waals surface area contributed by atoms with Crippen LogP contribution in [0.2, 0.25) is 0 Å². The van der Waals surface area contributed by atoms with E-state index in [0.717, 1.165) is 46.0 Å². The molecular formula is C19H21FN6S. The SMILES string of the molecule is CCNC(=NCc1cn2ccsc2n1)NCCc1c[nH]c2ccc(F)cc12. The lowest BCUT2D eigenvalue weighted by Crippen LogP contribution is -2.38. The first kappa shape index (κ1) is 17.5. The fraction of sp³-hybridized carbons (Fsp3) is 0.263. The van der Waals surface area contributed by atoms with Crippen molar-refractivity contribution in [3.05, 3.63) is 59.2 Å². The summed E-state index contributed by atoms with van der Waals surface area (Å²) in [4.78, 5) is 13.3. The summed E-state index contributed by atoms with van der Waals surface area (Å²) in [6, 6.07) is 4.81. The highest BCUT2D eigenvalue weighted by atomic mass is 32.1. The molecule has 0 fully saturated rings. The average Bonchev–Trinajstić information content (AvgIpc) is 3.34. The van der Waals surface area contributed by atoms with Crippen molar-refractivity contribution in [2.45, 2.75) is 19.9 Å². The maximum atomic E-state index is 13.5. The first-order valence-corrected chi connectivity index (χ1v) is 9.79. The molecule has 0 aliphatic heterocycles. The number of aromatic nitrogens is 3. The highest BCUT2D eigenvalue weighted by Gasteiger charge is 2.06. The third-order valence-electron chi connectivity index (χ3n) is 4.30. The molecule has 4 rings (SSSR count). The Labute approximate surface area is 160 Å². The van der Waals surface area contributed by atoms with Gasteiger partial charge in [-0.05, 0) is 37.1 Å². The van der Waals surface area contributed by atoms with Crippen molar-refractivity contribution in [3.8, 4) is 0 Å². The van der Waals surface area contributed by atoms with Crippen LogP contribution >= 0.6 is 11.3 Å². The number of aliphatic imine (C=N–C) groups is 1. The van der Waals surface area contributed by atoms with Gasteiger partial charge in [0, 0.05) is 48.0 Å². The Kier molecular flexibility index (Phi) is 5.06. The number of aromatic amines is 1. The Morgan fingerprint density at radius 3 is 3.15 bits per heavy atom. The van der Waals surface area contributed by atoms with Crippen molar-refractivity contribution in [2.24, 2.45) is 4.99 Å². The van der Waals surface area contributed by atoms with Gasteiger partial charge in [-0.15, -0.1) is 11.3 Å². The van der Waals surface area contributed by atoms with E-state index >= 15 is 0 Å². The van der Waals surface area contributed by atoms with Crippen LogP contribution in [0.15, 0.2) is 47.2 Å². The number of benzene rings is 1. The van der Waals surface area contributed by atoms with Crippen LogP contribution in [0.3, 0.4) is 0 Å². The van der Waals surface area contributed by atoms with Crippen molar-refractivity contribution in [1.29, 1.82) is 0 Å². The predicted molar refractivity (Wildman–Crippen MR) is 108 cm³/mol. The van der Waals surface area contributed by atoms with E-state index in [1.165, 1.54) is 6.07 Å². The zero-order valence-corrected chi connectivity index (χ0v) is 15.8. The number of hydrogen-bond acceptors (Lipinski definition) is 3. The second-order valence-electron chi connectivity index (χ2n) is 6.20. The lowest BCUT2D eigenvalue weighted by atomic mass is 10.1. The van der Waals surface area contributed by atoms with Crippen LogP contribution in [0.4, 0.5) is 4.39 Å². The number of nitrogens with one attached hydrogen (secondary N) is 3. The highest BCUT2D eigenvalue weighted by Crippen LogP contribution is 2.19. The van der Waals surface area contributed by atoms with Crippen LogP contribution < -0.4 is 10.6 Å². The molecule has 0 amide bonds. The van der Waals surface area contributed by atoms with Crippen LogP contribution in [0.1, 0.15) is 18.2 Å². The number of thiazole rings is 1. The lowest BCUT2D eigenvalue weighted by molar-refractivity contribution is 0.629. The maximum Gasteiger partial charge on any atom is 0.193 e. The Morgan fingerprint density at radius 2 is 2.30 bits per heavy atom. The number of fused-ring (bicyclic) bond motifs is 2. The minimum Gasteiger partial charge on any atom is -0.361 e. The van der Waals surface area contributed by atoms with E-state index in [4.69, 9.17) is 0 Å². The van der Waals surface area contributed by atoms with Gasteiger partial charge in [-0.2, -0.15) is 0 Å². The monoisotopic (exact) mass is 384 g/mol. The molecule has 0 aliphatic rings. The number of nitrogens with zero attached hydrogens (tertiary/aromatic N) is 3. The second kappa shape index (κ2) is 7.79. The van der Waals surface area contributed by atoms with E-state index in [9.17, 15) is 4.39 Å². The molecule has 0 bridgehead atoms. The highest BCUT2D eigenvalue weighted by molar-refractivity contribution is 7.15. The molecule has 0 unspecified atom stereocenters. The van der Waals surface area contributed by atoms with Gasteiger partial charge >= 0.3 is 0 Å². The largest absolute Gasteiger partial charge is 0.361 e. The van der Waals surface area contributed by atoms with Crippen molar-refractivity contribution in [3.63, 3.8) is 0 Å². The van der Waals surface area contributed by atoms with Gasteiger partial charge in [0.05, 0.1) is 12.2 Å². The van der Waals surface area contributed by atoms with Crippen molar-refractivity contribution >= 4 is 33.2 Å². The predicted octanol–water partition coefficient (Wildman–Crippen LogP) is 3.31. The topological polar surface area (TPSA) is 69.5 Å². The number of guanidine groups is 1. The molecule has 3 aromatic heterocycles. The van der Waals surface area contributed by atoms with Gasteiger partial charge in [0.25, 0.3) is 0 Å². The molecule has 1 aromatic carbocycles. The quantitative estimate of drug-likeness (QED) is 0.353. The first-order chi connectivity index (χ1) is 13.2. The Bertz CT molecular complexity index is 1050. The third-order valence-corrected chi connectivity index (χ3v) is 5.07. The molecule has 3 heterocycles. The molecule has 4 aromatic rings. The van der Waals surface area contributed by atoms with Crippen LogP contribution in [0, 0.1) is 5.82 Å². The number of rotatable bonds is 6. The molecular weight excluding hydrogens is 363 g/mol. The summed E-state index contributed by atoms with van der Waals surface area (Å²) >= 11 is 1.61. The molecule has 0 saturated heterocycles. The molecule has 0 spiro atoms. The standard InChI is InChI=1S/C19H21FN6S/c1-2-21-18(24-11-15-12-26-7-8-27-19(26)25-15)22-6-5-13-10-23-17-4-3-14(20)9-16(13)17/h3-4,7-10,12,23H,2,5-6,11H2,1H3,(H2,21,22,24). The summed E-state index contributed by atoms with van der Waals surface area (Å²) in [5, 5.41) is 9.52. The maximum absolute atomic E-state index is 13.5. The van der Waals surface area contributed by atoms with E-state index in [2.05, 4.69) is 25.6 Å². The van der Waals surface area contributed by atoms with E-state index in [0.29, 0.717) is 13.1 Å². The number of H-pyrrole nitrogens is 1. The van der Waals surface area contributed by atoms with Crippen LogP contribution in [-0.4, -0.2) is 33.4 Å². The van der Waals surface area contributed by atoms with Gasteiger partial charge in [0.1, 0.15) is 5.82 Å².